The van der Waals surface area contributed by atoms with Crippen LogP contribution in [0.15, 0.2) is 176 Å². The third-order valence-corrected chi connectivity index (χ3v) is 12.0. The van der Waals surface area contributed by atoms with Gasteiger partial charge in [0.2, 0.25) is 0 Å². The zero-order valence-electron chi connectivity index (χ0n) is 31.1. The van der Waals surface area contributed by atoms with Gasteiger partial charge in [-0.1, -0.05) is 147 Å². The molecule has 0 aliphatic heterocycles. The minimum atomic E-state index is -0.114. The average molecular weight is 703 g/mol. The van der Waals surface area contributed by atoms with Crippen LogP contribution in [0, 0.1) is 6.92 Å². The lowest BCUT2D eigenvalue weighted by molar-refractivity contribution is 0.661. The molecule has 0 N–H and O–H groups in total. The summed E-state index contributed by atoms with van der Waals surface area (Å²) in [5.74, 6) is 0.941. The summed E-state index contributed by atoms with van der Waals surface area (Å²) in [6.07, 6.45) is 0. The molecule has 1 heterocycles. The van der Waals surface area contributed by atoms with Gasteiger partial charge >= 0.3 is 0 Å². The lowest BCUT2D eigenvalue weighted by atomic mass is 9.79. The summed E-state index contributed by atoms with van der Waals surface area (Å²) in [6.45, 7) is 6.90. The SMILES string of the molecule is Cc1ccc2nc(-c3ccc(-c4c5ccccc5c(-c5ccc6ccccc6c5)c5cc6c(cc45)-c4ccccc4C6(C)C)cc3)n(-c3ccccc3)c2c1. The second kappa shape index (κ2) is 11.9. The van der Waals surface area contributed by atoms with E-state index in [1.54, 1.807) is 0 Å². The fourth-order valence-electron chi connectivity index (χ4n) is 9.34. The molecule has 55 heavy (non-hydrogen) atoms. The topological polar surface area (TPSA) is 17.8 Å². The van der Waals surface area contributed by atoms with Crippen molar-refractivity contribution in [3.05, 3.63) is 193 Å². The van der Waals surface area contributed by atoms with Gasteiger partial charge in [0.25, 0.3) is 0 Å². The van der Waals surface area contributed by atoms with Crippen LogP contribution in [-0.2, 0) is 5.41 Å². The van der Waals surface area contributed by atoms with Crippen LogP contribution in [0.25, 0.3) is 93.8 Å². The lowest BCUT2D eigenvalue weighted by Gasteiger charge is -2.24. The van der Waals surface area contributed by atoms with E-state index < -0.39 is 0 Å². The molecule has 2 heteroatoms. The van der Waals surface area contributed by atoms with Gasteiger partial charge in [0.1, 0.15) is 5.82 Å². The van der Waals surface area contributed by atoms with Crippen molar-refractivity contribution in [3.63, 3.8) is 0 Å². The summed E-state index contributed by atoms with van der Waals surface area (Å²) in [6, 6.07) is 64.8. The number of aryl methyl sites for hydroxylation is 1. The molecule has 0 atom stereocenters. The predicted molar refractivity (Wildman–Crippen MR) is 232 cm³/mol. The molecule has 260 valence electrons. The Kier molecular flexibility index (Phi) is 6.85. The maximum atomic E-state index is 5.21. The Bertz CT molecular complexity index is 3160. The molecule has 0 bridgehead atoms. The van der Waals surface area contributed by atoms with Crippen LogP contribution < -0.4 is 0 Å². The summed E-state index contributed by atoms with van der Waals surface area (Å²) in [5.41, 5.74) is 15.8. The molecule has 1 aliphatic carbocycles. The fraction of sp³-hybridized carbons (Fsp3) is 0.0755. The van der Waals surface area contributed by atoms with Crippen molar-refractivity contribution in [2.24, 2.45) is 0 Å². The van der Waals surface area contributed by atoms with Crippen molar-refractivity contribution in [2.45, 2.75) is 26.2 Å². The molecule has 1 aliphatic rings. The second-order valence-electron chi connectivity index (χ2n) is 15.6. The van der Waals surface area contributed by atoms with Crippen molar-refractivity contribution >= 4 is 43.4 Å². The largest absolute Gasteiger partial charge is 0.292 e. The monoisotopic (exact) mass is 702 g/mol. The summed E-state index contributed by atoms with van der Waals surface area (Å²) in [4.78, 5) is 5.21. The molecule has 2 nitrogen and oxygen atoms in total. The van der Waals surface area contributed by atoms with Gasteiger partial charge in [-0.05, 0) is 132 Å². The van der Waals surface area contributed by atoms with Crippen LogP contribution in [0.4, 0.5) is 0 Å². The first-order valence-corrected chi connectivity index (χ1v) is 19.2. The third-order valence-electron chi connectivity index (χ3n) is 12.0. The lowest BCUT2D eigenvalue weighted by Crippen LogP contribution is -2.14. The average Bonchev–Trinajstić information content (AvgIpc) is 3.71. The van der Waals surface area contributed by atoms with Crippen molar-refractivity contribution < 1.29 is 0 Å². The molecule has 0 radical (unpaired) electrons. The molecular formula is C53H38N2. The number of nitrogens with zero attached hydrogens (tertiary/aromatic N) is 2. The van der Waals surface area contributed by atoms with Crippen LogP contribution in [0.3, 0.4) is 0 Å². The highest BCUT2D eigenvalue weighted by Crippen LogP contribution is 2.53. The number of hydrogen-bond acceptors (Lipinski definition) is 1. The third kappa shape index (κ3) is 4.78. The van der Waals surface area contributed by atoms with E-state index in [1.807, 2.05) is 0 Å². The fourth-order valence-corrected chi connectivity index (χ4v) is 9.34. The minimum Gasteiger partial charge on any atom is -0.292 e. The summed E-state index contributed by atoms with van der Waals surface area (Å²) < 4.78 is 2.29. The van der Waals surface area contributed by atoms with Crippen LogP contribution in [-0.4, -0.2) is 9.55 Å². The van der Waals surface area contributed by atoms with Gasteiger partial charge in [0.15, 0.2) is 0 Å². The van der Waals surface area contributed by atoms with E-state index in [4.69, 9.17) is 4.98 Å². The molecule has 1 aromatic heterocycles. The van der Waals surface area contributed by atoms with Gasteiger partial charge in [-0.3, -0.25) is 4.57 Å². The molecule has 0 unspecified atom stereocenters. The van der Waals surface area contributed by atoms with Crippen LogP contribution in [0.2, 0.25) is 0 Å². The Morgan fingerprint density at radius 3 is 1.89 bits per heavy atom. The summed E-state index contributed by atoms with van der Waals surface area (Å²) in [5, 5.41) is 7.58. The van der Waals surface area contributed by atoms with Crippen molar-refractivity contribution in [2.75, 3.05) is 0 Å². The van der Waals surface area contributed by atoms with E-state index in [0.29, 0.717) is 0 Å². The predicted octanol–water partition coefficient (Wildman–Crippen LogP) is 14.1. The Morgan fingerprint density at radius 1 is 0.455 bits per heavy atom. The van der Waals surface area contributed by atoms with E-state index in [1.165, 1.54) is 82.4 Å². The number of para-hydroxylation sites is 1. The van der Waals surface area contributed by atoms with E-state index in [0.717, 1.165) is 28.1 Å². The summed E-state index contributed by atoms with van der Waals surface area (Å²) in [7, 11) is 0. The zero-order valence-corrected chi connectivity index (χ0v) is 31.1. The van der Waals surface area contributed by atoms with E-state index >= 15 is 0 Å². The van der Waals surface area contributed by atoms with Gasteiger partial charge in [0.05, 0.1) is 11.0 Å². The second-order valence-corrected chi connectivity index (χ2v) is 15.6. The quantitative estimate of drug-likeness (QED) is 0.167. The first-order chi connectivity index (χ1) is 26.9. The Balaban J connectivity index is 1.18. The van der Waals surface area contributed by atoms with Gasteiger partial charge in [-0.15, -0.1) is 0 Å². The first kappa shape index (κ1) is 31.7. The molecular weight excluding hydrogens is 665 g/mol. The molecule has 11 rings (SSSR count). The van der Waals surface area contributed by atoms with Gasteiger partial charge in [-0.2, -0.15) is 0 Å². The number of hydrogen-bond donors (Lipinski definition) is 0. The zero-order chi connectivity index (χ0) is 36.8. The smallest absolute Gasteiger partial charge is 0.145 e. The number of imidazole rings is 1. The molecule has 0 fully saturated rings. The highest BCUT2D eigenvalue weighted by molar-refractivity contribution is 6.23. The maximum Gasteiger partial charge on any atom is 0.145 e. The molecule has 0 saturated heterocycles. The Morgan fingerprint density at radius 2 is 1.09 bits per heavy atom. The maximum absolute atomic E-state index is 5.21. The highest BCUT2D eigenvalue weighted by atomic mass is 15.1. The van der Waals surface area contributed by atoms with Gasteiger partial charge < -0.3 is 0 Å². The molecule has 9 aromatic carbocycles. The van der Waals surface area contributed by atoms with Crippen molar-refractivity contribution in [1.29, 1.82) is 0 Å². The van der Waals surface area contributed by atoms with E-state index in [-0.39, 0.29) is 5.41 Å². The standard InChI is InChI=1S/C53H38N2/c1-33-21-28-48-49(29-33)55(39-15-5-4-6-16-39)52(54-48)36-25-23-35(24-26-36)50-41-18-9-10-19-42(41)51(38-27-22-34-13-7-8-14-37(34)30-38)45-32-47-43(31-44(45)50)40-17-11-12-20-46(40)53(47,2)3/h4-32H,1-3H3. The van der Waals surface area contributed by atoms with Crippen molar-refractivity contribution in [3.8, 4) is 50.5 Å². The van der Waals surface area contributed by atoms with Crippen LogP contribution in [0.1, 0.15) is 30.5 Å². The Labute approximate surface area is 321 Å². The molecule has 0 amide bonds. The van der Waals surface area contributed by atoms with Gasteiger partial charge in [-0.25, -0.2) is 4.98 Å². The van der Waals surface area contributed by atoms with Crippen LogP contribution in [0.5, 0.6) is 0 Å². The number of aromatic nitrogens is 2. The minimum absolute atomic E-state index is 0.114. The molecule has 0 saturated carbocycles. The van der Waals surface area contributed by atoms with Crippen LogP contribution >= 0.6 is 0 Å². The molecule has 10 aromatic rings. The highest BCUT2D eigenvalue weighted by Gasteiger charge is 2.36. The van der Waals surface area contributed by atoms with Gasteiger partial charge in [0, 0.05) is 16.7 Å². The normalized spacial score (nSPS) is 13.1. The first-order valence-electron chi connectivity index (χ1n) is 19.2. The molecule has 0 spiro atoms. The number of fused-ring (bicyclic) bond motifs is 7. The van der Waals surface area contributed by atoms with Crippen molar-refractivity contribution in [1.82, 2.24) is 9.55 Å². The van der Waals surface area contributed by atoms with E-state index in [9.17, 15) is 0 Å². The Hall–Kier alpha value is -6.77. The van der Waals surface area contributed by atoms with E-state index in [2.05, 4.69) is 201 Å². The number of rotatable bonds is 4. The number of benzene rings is 9. The summed E-state index contributed by atoms with van der Waals surface area (Å²) >= 11 is 0.